The molecule has 0 atom stereocenters. The smallest absolute Gasteiger partial charge is 0.142 e. The molecule has 0 amide bonds. The third kappa shape index (κ3) is 1.72. The molecule has 2 rings (SSSR count). The van der Waals surface area contributed by atoms with Crippen LogP contribution >= 0.6 is 11.6 Å². The maximum atomic E-state index is 13.1. The zero-order chi connectivity index (χ0) is 9.97. The van der Waals surface area contributed by atoms with Crippen LogP contribution in [-0.4, -0.2) is 9.97 Å². The minimum absolute atomic E-state index is 0.114. The lowest BCUT2D eigenvalue weighted by Gasteiger charge is -2.00. The lowest BCUT2D eigenvalue weighted by Crippen LogP contribution is -1.85. The van der Waals surface area contributed by atoms with E-state index in [0.717, 1.165) is 0 Å². The number of rotatable bonds is 1. The topological polar surface area (TPSA) is 25.8 Å². The van der Waals surface area contributed by atoms with Crippen molar-refractivity contribution in [2.45, 2.75) is 0 Å². The summed E-state index contributed by atoms with van der Waals surface area (Å²) in [5.74, 6) is -0.442. The minimum atomic E-state index is -0.442. The molecular weight excluding hydrogens is 203 g/mol. The fourth-order valence-corrected chi connectivity index (χ4v) is 1.23. The highest BCUT2D eigenvalue weighted by molar-refractivity contribution is 6.30. The van der Waals surface area contributed by atoms with E-state index in [1.54, 1.807) is 18.3 Å². The van der Waals surface area contributed by atoms with Crippen molar-refractivity contribution in [3.8, 4) is 11.3 Å². The Labute approximate surface area is 85.4 Å². The van der Waals surface area contributed by atoms with E-state index in [1.807, 2.05) is 0 Å². The first-order chi connectivity index (χ1) is 6.77. The monoisotopic (exact) mass is 208 g/mol. The van der Waals surface area contributed by atoms with Gasteiger partial charge in [0.2, 0.25) is 0 Å². The molecule has 2 nitrogen and oxygen atoms in total. The van der Waals surface area contributed by atoms with Crippen molar-refractivity contribution in [3.63, 3.8) is 0 Å². The SMILES string of the molecule is Fc1cc(-c2ccncn2)ccc1Cl. The predicted octanol–water partition coefficient (Wildman–Crippen LogP) is 2.94. The summed E-state index contributed by atoms with van der Waals surface area (Å²) in [6.07, 6.45) is 3.02. The van der Waals surface area contributed by atoms with E-state index in [4.69, 9.17) is 11.6 Å². The van der Waals surface area contributed by atoms with Crippen LogP contribution in [0.15, 0.2) is 36.8 Å². The highest BCUT2D eigenvalue weighted by Gasteiger charge is 2.03. The molecule has 0 unspecified atom stereocenters. The van der Waals surface area contributed by atoms with Gasteiger partial charge in [0.1, 0.15) is 12.1 Å². The molecule has 1 aromatic carbocycles. The molecule has 0 saturated heterocycles. The van der Waals surface area contributed by atoms with Crippen LogP contribution in [0.3, 0.4) is 0 Å². The van der Waals surface area contributed by atoms with E-state index >= 15 is 0 Å². The molecule has 4 heteroatoms. The molecule has 0 aliphatic rings. The molecular formula is C10H6ClFN2. The molecule has 2 aromatic rings. The molecule has 0 N–H and O–H groups in total. The molecule has 0 radical (unpaired) electrons. The second-order valence-corrected chi connectivity index (χ2v) is 3.13. The Bertz CT molecular complexity index is 445. The number of hydrogen-bond donors (Lipinski definition) is 0. The zero-order valence-electron chi connectivity index (χ0n) is 7.11. The highest BCUT2D eigenvalue weighted by atomic mass is 35.5. The van der Waals surface area contributed by atoms with Crippen molar-refractivity contribution in [2.24, 2.45) is 0 Å². The van der Waals surface area contributed by atoms with Crippen LogP contribution in [0.1, 0.15) is 0 Å². The Hall–Kier alpha value is -1.48. The van der Waals surface area contributed by atoms with Crippen LogP contribution in [0.4, 0.5) is 4.39 Å². The summed E-state index contributed by atoms with van der Waals surface area (Å²) >= 11 is 5.56. The first-order valence-corrected chi connectivity index (χ1v) is 4.36. The fourth-order valence-electron chi connectivity index (χ4n) is 1.12. The van der Waals surface area contributed by atoms with Gasteiger partial charge in [0, 0.05) is 11.8 Å². The Morgan fingerprint density at radius 3 is 2.71 bits per heavy atom. The van der Waals surface area contributed by atoms with Gasteiger partial charge in [-0.25, -0.2) is 14.4 Å². The van der Waals surface area contributed by atoms with Crippen molar-refractivity contribution < 1.29 is 4.39 Å². The van der Waals surface area contributed by atoms with E-state index in [2.05, 4.69) is 9.97 Å². The van der Waals surface area contributed by atoms with Gasteiger partial charge in [0.05, 0.1) is 10.7 Å². The summed E-state index contributed by atoms with van der Waals surface area (Å²) in [4.78, 5) is 7.78. The maximum absolute atomic E-state index is 13.1. The fraction of sp³-hybridized carbons (Fsp3) is 0. The zero-order valence-corrected chi connectivity index (χ0v) is 7.87. The molecule has 14 heavy (non-hydrogen) atoms. The van der Waals surface area contributed by atoms with Crippen LogP contribution in [0.2, 0.25) is 5.02 Å². The van der Waals surface area contributed by atoms with Crippen LogP contribution in [0.5, 0.6) is 0 Å². The Balaban J connectivity index is 2.48. The van der Waals surface area contributed by atoms with Crippen molar-refractivity contribution >= 4 is 11.6 Å². The summed E-state index contributed by atoms with van der Waals surface area (Å²) < 4.78 is 13.1. The van der Waals surface area contributed by atoms with Gasteiger partial charge in [-0.2, -0.15) is 0 Å². The van der Waals surface area contributed by atoms with Gasteiger partial charge in [0.15, 0.2) is 0 Å². The van der Waals surface area contributed by atoms with Gasteiger partial charge in [-0.05, 0) is 18.2 Å². The van der Waals surface area contributed by atoms with E-state index in [-0.39, 0.29) is 5.02 Å². The van der Waals surface area contributed by atoms with Crippen LogP contribution in [0.25, 0.3) is 11.3 Å². The van der Waals surface area contributed by atoms with Crippen molar-refractivity contribution in [2.75, 3.05) is 0 Å². The molecule has 0 fully saturated rings. The number of hydrogen-bond acceptors (Lipinski definition) is 2. The summed E-state index contributed by atoms with van der Waals surface area (Å²) in [7, 11) is 0. The van der Waals surface area contributed by atoms with Crippen LogP contribution in [0, 0.1) is 5.82 Å². The number of nitrogens with zero attached hydrogens (tertiary/aromatic N) is 2. The predicted molar refractivity (Wildman–Crippen MR) is 52.4 cm³/mol. The van der Waals surface area contributed by atoms with Gasteiger partial charge >= 0.3 is 0 Å². The quantitative estimate of drug-likeness (QED) is 0.720. The summed E-state index contributed by atoms with van der Waals surface area (Å²) in [5.41, 5.74) is 1.37. The summed E-state index contributed by atoms with van der Waals surface area (Å²) in [6, 6.07) is 6.29. The van der Waals surface area contributed by atoms with Gasteiger partial charge < -0.3 is 0 Å². The van der Waals surface area contributed by atoms with Gasteiger partial charge in [-0.3, -0.25) is 0 Å². The molecule has 0 bridgehead atoms. The standard InChI is InChI=1S/C10H6ClFN2/c11-8-2-1-7(5-9(8)12)10-3-4-13-6-14-10/h1-6H. The Morgan fingerprint density at radius 2 is 2.07 bits per heavy atom. The molecule has 70 valence electrons. The second-order valence-electron chi connectivity index (χ2n) is 2.72. The maximum Gasteiger partial charge on any atom is 0.142 e. The Kier molecular flexibility index (Phi) is 2.41. The molecule has 0 aliphatic heterocycles. The van der Waals surface area contributed by atoms with E-state index in [9.17, 15) is 4.39 Å². The first-order valence-electron chi connectivity index (χ1n) is 3.99. The summed E-state index contributed by atoms with van der Waals surface area (Å²) in [6.45, 7) is 0. The third-order valence-electron chi connectivity index (χ3n) is 1.80. The number of aromatic nitrogens is 2. The minimum Gasteiger partial charge on any atom is -0.245 e. The Morgan fingerprint density at radius 1 is 1.21 bits per heavy atom. The van der Waals surface area contributed by atoms with Gasteiger partial charge in [-0.15, -0.1) is 0 Å². The van der Waals surface area contributed by atoms with Crippen LogP contribution in [-0.2, 0) is 0 Å². The molecule has 0 saturated carbocycles. The summed E-state index contributed by atoms with van der Waals surface area (Å²) in [5, 5.41) is 0.114. The van der Waals surface area contributed by atoms with Crippen LogP contribution < -0.4 is 0 Å². The molecule has 1 heterocycles. The van der Waals surface area contributed by atoms with Gasteiger partial charge in [-0.1, -0.05) is 17.7 Å². The van der Waals surface area contributed by atoms with E-state index in [1.165, 1.54) is 18.5 Å². The molecule has 0 aliphatic carbocycles. The van der Waals surface area contributed by atoms with E-state index < -0.39 is 5.82 Å². The van der Waals surface area contributed by atoms with E-state index in [0.29, 0.717) is 11.3 Å². The highest BCUT2D eigenvalue weighted by Crippen LogP contribution is 2.21. The largest absolute Gasteiger partial charge is 0.245 e. The lowest BCUT2D eigenvalue weighted by molar-refractivity contribution is 0.628. The van der Waals surface area contributed by atoms with Crippen molar-refractivity contribution in [1.82, 2.24) is 9.97 Å². The van der Waals surface area contributed by atoms with Crippen molar-refractivity contribution in [3.05, 3.63) is 47.6 Å². The average Bonchev–Trinajstić information content (AvgIpc) is 2.23. The third-order valence-corrected chi connectivity index (χ3v) is 2.10. The number of halogens is 2. The second kappa shape index (κ2) is 3.72. The van der Waals surface area contributed by atoms with Crippen molar-refractivity contribution in [1.29, 1.82) is 0 Å². The number of benzene rings is 1. The average molecular weight is 209 g/mol. The molecule has 1 aromatic heterocycles. The van der Waals surface area contributed by atoms with Gasteiger partial charge in [0.25, 0.3) is 0 Å². The first kappa shape index (κ1) is 9.09. The lowest BCUT2D eigenvalue weighted by atomic mass is 10.1. The molecule has 0 spiro atoms. The normalized spacial score (nSPS) is 10.1.